The van der Waals surface area contributed by atoms with Crippen molar-refractivity contribution in [1.82, 2.24) is 19.9 Å². The van der Waals surface area contributed by atoms with Crippen LogP contribution in [0.3, 0.4) is 0 Å². The Morgan fingerprint density at radius 2 is 1.82 bits per heavy atom. The molecule has 7 heteroatoms. The Morgan fingerprint density at radius 3 is 2.39 bits per heavy atom. The van der Waals surface area contributed by atoms with E-state index in [4.69, 9.17) is 9.26 Å². The molecule has 2 aromatic rings. The highest BCUT2D eigenvalue weighted by atomic mass is 16.5. The Morgan fingerprint density at radius 1 is 1.14 bits per heavy atom. The highest BCUT2D eigenvalue weighted by Crippen LogP contribution is 2.22. The van der Waals surface area contributed by atoms with Gasteiger partial charge in [0.2, 0.25) is 11.8 Å². The number of carbonyl (C=O) groups is 1. The molecule has 1 aliphatic heterocycles. The Bertz CT molecular complexity index is 764. The number of hydrogen-bond donors (Lipinski definition) is 0. The SMILES string of the molecule is COc1ccc(CCC(=O)N2CCN(C(C)c3nc(C(C)C)no3)CC2)cc1. The maximum absolute atomic E-state index is 12.6. The van der Waals surface area contributed by atoms with Crippen LogP contribution in [-0.4, -0.2) is 59.1 Å². The fourth-order valence-corrected chi connectivity index (χ4v) is 3.37. The lowest BCUT2D eigenvalue weighted by Crippen LogP contribution is -2.49. The molecule has 0 saturated carbocycles. The minimum atomic E-state index is 0.0663. The van der Waals surface area contributed by atoms with E-state index < -0.39 is 0 Å². The highest BCUT2D eigenvalue weighted by molar-refractivity contribution is 5.76. The van der Waals surface area contributed by atoms with Crippen LogP contribution >= 0.6 is 0 Å². The van der Waals surface area contributed by atoms with Crippen molar-refractivity contribution in [3.63, 3.8) is 0 Å². The van der Waals surface area contributed by atoms with E-state index in [0.29, 0.717) is 12.3 Å². The van der Waals surface area contributed by atoms with E-state index in [1.165, 1.54) is 0 Å². The molecule has 0 spiro atoms. The van der Waals surface area contributed by atoms with Crippen molar-refractivity contribution in [1.29, 1.82) is 0 Å². The van der Waals surface area contributed by atoms with Crippen molar-refractivity contribution in [3.8, 4) is 5.75 Å². The third kappa shape index (κ3) is 4.90. The zero-order valence-corrected chi connectivity index (χ0v) is 17.2. The van der Waals surface area contributed by atoms with Crippen LogP contribution in [0.2, 0.25) is 0 Å². The predicted molar refractivity (Wildman–Crippen MR) is 106 cm³/mol. The van der Waals surface area contributed by atoms with Gasteiger partial charge in [0.05, 0.1) is 13.2 Å². The number of hydrogen-bond acceptors (Lipinski definition) is 6. The van der Waals surface area contributed by atoms with Gasteiger partial charge in [0.15, 0.2) is 5.82 Å². The van der Waals surface area contributed by atoms with Gasteiger partial charge in [-0.2, -0.15) is 4.98 Å². The first kappa shape index (κ1) is 20.3. The molecular weight excluding hydrogens is 356 g/mol. The van der Waals surface area contributed by atoms with Crippen molar-refractivity contribution >= 4 is 5.91 Å². The van der Waals surface area contributed by atoms with Crippen LogP contribution in [0.4, 0.5) is 0 Å². The summed E-state index contributed by atoms with van der Waals surface area (Å²) in [4.78, 5) is 21.3. The van der Waals surface area contributed by atoms with Gasteiger partial charge in [-0.3, -0.25) is 9.69 Å². The molecule has 152 valence electrons. The molecule has 1 amide bonds. The third-order valence-corrected chi connectivity index (χ3v) is 5.33. The monoisotopic (exact) mass is 386 g/mol. The first-order valence-electron chi connectivity index (χ1n) is 9.96. The van der Waals surface area contributed by atoms with Gasteiger partial charge < -0.3 is 14.2 Å². The quantitative estimate of drug-likeness (QED) is 0.728. The van der Waals surface area contributed by atoms with Crippen LogP contribution in [-0.2, 0) is 11.2 Å². The van der Waals surface area contributed by atoms with Crippen molar-refractivity contribution < 1.29 is 14.1 Å². The number of amides is 1. The molecule has 1 saturated heterocycles. The van der Waals surface area contributed by atoms with Gasteiger partial charge in [0.25, 0.3) is 0 Å². The third-order valence-electron chi connectivity index (χ3n) is 5.33. The Balaban J connectivity index is 1.46. The molecule has 1 aromatic heterocycles. The summed E-state index contributed by atoms with van der Waals surface area (Å²) in [6.45, 7) is 9.28. The van der Waals surface area contributed by atoms with E-state index in [1.807, 2.05) is 29.2 Å². The lowest BCUT2D eigenvalue weighted by atomic mass is 10.1. The second kappa shape index (κ2) is 9.19. The lowest BCUT2D eigenvalue weighted by Gasteiger charge is -2.36. The molecule has 7 nitrogen and oxygen atoms in total. The number of carbonyl (C=O) groups excluding carboxylic acids is 1. The molecule has 3 rings (SSSR count). The summed E-state index contributed by atoms with van der Waals surface area (Å²) >= 11 is 0. The second-order valence-electron chi connectivity index (χ2n) is 7.59. The van der Waals surface area contributed by atoms with Crippen LogP contribution in [0.5, 0.6) is 5.75 Å². The van der Waals surface area contributed by atoms with E-state index in [9.17, 15) is 4.79 Å². The van der Waals surface area contributed by atoms with Gasteiger partial charge in [-0.05, 0) is 31.0 Å². The number of methoxy groups -OCH3 is 1. The van der Waals surface area contributed by atoms with Crippen molar-refractivity contribution in [3.05, 3.63) is 41.5 Å². The highest BCUT2D eigenvalue weighted by Gasteiger charge is 2.27. The molecule has 0 N–H and O–H groups in total. The van der Waals surface area contributed by atoms with Gasteiger partial charge in [-0.1, -0.05) is 31.1 Å². The first-order chi connectivity index (χ1) is 13.5. The summed E-state index contributed by atoms with van der Waals surface area (Å²) in [5, 5.41) is 4.05. The van der Waals surface area contributed by atoms with Gasteiger partial charge in [-0.15, -0.1) is 0 Å². The first-order valence-corrected chi connectivity index (χ1v) is 9.96. The summed E-state index contributed by atoms with van der Waals surface area (Å²) in [7, 11) is 1.65. The number of aryl methyl sites for hydroxylation is 1. The molecule has 1 unspecified atom stereocenters. The fraction of sp³-hybridized carbons (Fsp3) is 0.571. The lowest BCUT2D eigenvalue weighted by molar-refractivity contribution is -0.133. The Hall–Kier alpha value is -2.41. The molecule has 0 radical (unpaired) electrons. The van der Waals surface area contributed by atoms with Crippen LogP contribution in [0.25, 0.3) is 0 Å². The maximum Gasteiger partial charge on any atom is 0.243 e. The number of rotatable bonds is 7. The van der Waals surface area contributed by atoms with Crippen LogP contribution in [0, 0.1) is 0 Å². The second-order valence-corrected chi connectivity index (χ2v) is 7.59. The molecule has 2 heterocycles. The molecule has 1 atom stereocenters. The van der Waals surface area contributed by atoms with Crippen molar-refractivity contribution in [2.24, 2.45) is 0 Å². The summed E-state index contributed by atoms with van der Waals surface area (Å²) in [6, 6.07) is 7.96. The van der Waals surface area contributed by atoms with E-state index in [1.54, 1.807) is 7.11 Å². The predicted octanol–water partition coefficient (Wildman–Crippen LogP) is 3.04. The maximum atomic E-state index is 12.6. The molecule has 0 aliphatic carbocycles. The summed E-state index contributed by atoms with van der Waals surface area (Å²) in [5.41, 5.74) is 1.15. The van der Waals surface area contributed by atoms with E-state index in [-0.39, 0.29) is 17.9 Å². The average Bonchev–Trinajstić information content (AvgIpc) is 3.22. The smallest absolute Gasteiger partial charge is 0.243 e. The normalized spacial score (nSPS) is 16.4. The van der Waals surface area contributed by atoms with Gasteiger partial charge in [0.1, 0.15) is 5.75 Å². The van der Waals surface area contributed by atoms with E-state index >= 15 is 0 Å². The van der Waals surface area contributed by atoms with Crippen molar-refractivity contribution in [2.75, 3.05) is 33.3 Å². The number of ether oxygens (including phenoxy) is 1. The van der Waals surface area contributed by atoms with Crippen molar-refractivity contribution in [2.45, 2.75) is 45.6 Å². The molecule has 0 bridgehead atoms. The average molecular weight is 386 g/mol. The Labute approximate surface area is 166 Å². The number of aromatic nitrogens is 2. The zero-order chi connectivity index (χ0) is 20.1. The molecule has 1 fully saturated rings. The number of nitrogens with zero attached hydrogens (tertiary/aromatic N) is 4. The van der Waals surface area contributed by atoms with E-state index in [0.717, 1.165) is 49.7 Å². The van der Waals surface area contributed by atoms with Gasteiger partial charge >= 0.3 is 0 Å². The van der Waals surface area contributed by atoms with Crippen LogP contribution < -0.4 is 4.74 Å². The largest absolute Gasteiger partial charge is 0.497 e. The summed E-state index contributed by atoms with van der Waals surface area (Å²) in [6.07, 6.45) is 1.28. The zero-order valence-electron chi connectivity index (χ0n) is 17.2. The summed E-state index contributed by atoms with van der Waals surface area (Å²) < 4.78 is 10.6. The number of piperazine rings is 1. The number of benzene rings is 1. The fourth-order valence-electron chi connectivity index (χ4n) is 3.37. The van der Waals surface area contributed by atoms with Crippen LogP contribution in [0.15, 0.2) is 28.8 Å². The molecule has 1 aliphatic rings. The topological polar surface area (TPSA) is 71.7 Å². The molecular formula is C21H30N4O3. The molecule has 1 aromatic carbocycles. The standard InChI is InChI=1S/C21H30N4O3/c1-15(2)20-22-21(28-23-20)16(3)24-11-13-25(14-12-24)19(26)10-7-17-5-8-18(27-4)9-6-17/h5-6,8-9,15-16H,7,10-14H2,1-4H3. The minimum absolute atomic E-state index is 0.0663. The summed E-state index contributed by atoms with van der Waals surface area (Å²) in [5.74, 6) is 2.70. The Kier molecular flexibility index (Phi) is 6.67. The minimum Gasteiger partial charge on any atom is -0.497 e. The van der Waals surface area contributed by atoms with Gasteiger partial charge in [0, 0.05) is 38.5 Å². The van der Waals surface area contributed by atoms with Crippen LogP contribution in [0.1, 0.15) is 56.4 Å². The molecule has 28 heavy (non-hydrogen) atoms. The van der Waals surface area contributed by atoms with Gasteiger partial charge in [-0.25, -0.2) is 0 Å². The van der Waals surface area contributed by atoms with E-state index in [2.05, 4.69) is 35.8 Å².